The Balaban J connectivity index is 2.28. The second kappa shape index (κ2) is 5.16. The Morgan fingerprint density at radius 3 is 2.59 bits per heavy atom. The van der Waals surface area contributed by atoms with Gasteiger partial charge >= 0.3 is 5.97 Å². The zero-order valence-electron chi connectivity index (χ0n) is 10.1. The third-order valence-corrected chi connectivity index (χ3v) is 4.00. The fourth-order valence-electron chi connectivity index (χ4n) is 2.24. The quantitative estimate of drug-likeness (QED) is 0.895. The molecule has 4 nitrogen and oxygen atoms in total. The molecule has 1 aliphatic heterocycles. The number of hydrogen-bond donors (Lipinski definition) is 1. The first-order chi connectivity index (χ1) is 8.09. The van der Waals surface area contributed by atoms with Gasteiger partial charge in [0.2, 0.25) is 0 Å². The molecular weight excluding hydrogens is 238 g/mol. The largest absolute Gasteiger partial charge is 0.480 e. The van der Waals surface area contributed by atoms with Crippen LogP contribution in [0.15, 0.2) is 6.07 Å². The lowest BCUT2D eigenvalue weighted by Gasteiger charge is -2.32. The molecule has 94 valence electrons. The minimum absolute atomic E-state index is 0.524. The van der Waals surface area contributed by atoms with Gasteiger partial charge in [-0.1, -0.05) is 0 Å². The second-order valence-corrected chi connectivity index (χ2v) is 5.72. The summed E-state index contributed by atoms with van der Waals surface area (Å²) in [5.74, 6) is -0.771. The summed E-state index contributed by atoms with van der Waals surface area (Å²) < 4.78 is 5.27. The summed E-state index contributed by atoms with van der Waals surface area (Å²) >= 11 is 1.66. The lowest BCUT2D eigenvalue weighted by Crippen LogP contribution is -2.42. The molecule has 2 rings (SSSR count). The summed E-state index contributed by atoms with van der Waals surface area (Å²) in [7, 11) is 0. The van der Waals surface area contributed by atoms with Crippen molar-refractivity contribution in [3.63, 3.8) is 0 Å². The van der Waals surface area contributed by atoms with Crippen molar-refractivity contribution in [3.8, 4) is 0 Å². The molecule has 1 atom stereocenters. The highest BCUT2D eigenvalue weighted by Gasteiger charge is 2.30. The van der Waals surface area contributed by atoms with Gasteiger partial charge < -0.3 is 9.84 Å². The van der Waals surface area contributed by atoms with Gasteiger partial charge in [0, 0.05) is 22.8 Å². The van der Waals surface area contributed by atoms with Crippen molar-refractivity contribution in [2.45, 2.75) is 19.9 Å². The van der Waals surface area contributed by atoms with Crippen LogP contribution in [0, 0.1) is 13.8 Å². The highest BCUT2D eigenvalue weighted by Crippen LogP contribution is 2.30. The zero-order chi connectivity index (χ0) is 12.4. The zero-order valence-corrected chi connectivity index (χ0v) is 10.9. The molecule has 0 spiro atoms. The highest BCUT2D eigenvalue weighted by atomic mass is 32.1. The predicted molar refractivity (Wildman–Crippen MR) is 66.6 cm³/mol. The Morgan fingerprint density at radius 1 is 1.47 bits per heavy atom. The molecule has 0 amide bonds. The van der Waals surface area contributed by atoms with E-state index in [1.165, 1.54) is 0 Å². The number of ether oxygens (including phenoxy) is 1. The van der Waals surface area contributed by atoms with E-state index >= 15 is 0 Å². The first-order valence-electron chi connectivity index (χ1n) is 5.71. The molecule has 17 heavy (non-hydrogen) atoms. The van der Waals surface area contributed by atoms with Gasteiger partial charge in [-0.25, -0.2) is 0 Å². The van der Waals surface area contributed by atoms with Crippen molar-refractivity contribution in [1.29, 1.82) is 0 Å². The maximum absolute atomic E-state index is 11.5. The number of carboxylic acid groups (broad SMARTS) is 1. The molecule has 0 saturated carbocycles. The predicted octanol–water partition coefficient (Wildman–Crippen LogP) is 1.82. The number of nitrogens with zero attached hydrogens (tertiary/aromatic N) is 1. The van der Waals surface area contributed by atoms with Crippen molar-refractivity contribution in [1.82, 2.24) is 4.90 Å². The van der Waals surface area contributed by atoms with E-state index < -0.39 is 12.0 Å². The molecule has 0 aromatic carbocycles. The van der Waals surface area contributed by atoms with Crippen LogP contribution in [-0.2, 0) is 9.53 Å². The number of rotatable bonds is 3. The number of hydrogen-bond acceptors (Lipinski definition) is 4. The van der Waals surface area contributed by atoms with Crippen LogP contribution in [0.2, 0.25) is 0 Å². The van der Waals surface area contributed by atoms with Gasteiger partial charge in [0.15, 0.2) is 0 Å². The smallest absolute Gasteiger partial charge is 0.325 e. The Bertz CT molecular complexity index is 410. The van der Waals surface area contributed by atoms with E-state index in [4.69, 9.17) is 4.74 Å². The summed E-state index contributed by atoms with van der Waals surface area (Å²) in [5, 5.41) is 9.43. The Labute approximate surface area is 105 Å². The third-order valence-electron chi connectivity index (χ3n) is 3.02. The number of thiophene rings is 1. The van der Waals surface area contributed by atoms with Gasteiger partial charge in [-0.3, -0.25) is 9.69 Å². The summed E-state index contributed by atoms with van der Waals surface area (Å²) in [6, 6.07) is 1.47. The average Bonchev–Trinajstić information content (AvgIpc) is 2.59. The molecule has 1 aromatic rings. The van der Waals surface area contributed by atoms with Crippen LogP contribution in [-0.4, -0.2) is 42.3 Å². The lowest BCUT2D eigenvalue weighted by molar-refractivity contribution is -0.145. The summed E-state index contributed by atoms with van der Waals surface area (Å²) in [6.45, 7) is 6.61. The summed E-state index contributed by atoms with van der Waals surface area (Å²) in [5.41, 5.74) is 0.932. The van der Waals surface area contributed by atoms with Gasteiger partial charge in [-0.05, 0) is 25.5 Å². The SMILES string of the molecule is Cc1cc(C(C(=O)O)N2CCOCC2)c(C)s1. The van der Waals surface area contributed by atoms with Crippen molar-refractivity contribution < 1.29 is 14.6 Å². The first kappa shape index (κ1) is 12.5. The van der Waals surface area contributed by atoms with Gasteiger partial charge in [-0.2, -0.15) is 0 Å². The standard InChI is InChI=1S/C12H17NO3S/c1-8-7-10(9(2)17-8)11(12(14)15)13-3-5-16-6-4-13/h7,11H,3-6H2,1-2H3,(H,14,15). The number of carboxylic acids is 1. The molecule has 1 aliphatic rings. The van der Waals surface area contributed by atoms with Crippen molar-refractivity contribution in [2.24, 2.45) is 0 Å². The molecule has 0 aliphatic carbocycles. The molecule has 2 heterocycles. The fourth-order valence-corrected chi connectivity index (χ4v) is 3.20. The van der Waals surface area contributed by atoms with Crippen LogP contribution in [0.25, 0.3) is 0 Å². The normalized spacial score (nSPS) is 19.2. The Morgan fingerprint density at radius 2 is 2.12 bits per heavy atom. The van der Waals surface area contributed by atoms with Crippen LogP contribution in [0.4, 0.5) is 0 Å². The molecule has 0 bridgehead atoms. The summed E-state index contributed by atoms with van der Waals surface area (Å²) in [4.78, 5) is 15.7. The summed E-state index contributed by atoms with van der Waals surface area (Å²) in [6.07, 6.45) is 0. The molecule has 1 N–H and O–H groups in total. The monoisotopic (exact) mass is 255 g/mol. The Kier molecular flexibility index (Phi) is 3.81. The van der Waals surface area contributed by atoms with Gasteiger partial charge in [0.05, 0.1) is 13.2 Å². The number of carbonyl (C=O) groups is 1. The molecule has 1 unspecified atom stereocenters. The van der Waals surface area contributed by atoms with Crippen LogP contribution < -0.4 is 0 Å². The van der Waals surface area contributed by atoms with Gasteiger partial charge in [-0.15, -0.1) is 11.3 Å². The minimum Gasteiger partial charge on any atom is -0.480 e. The lowest BCUT2D eigenvalue weighted by atomic mass is 10.1. The molecule has 1 aromatic heterocycles. The van der Waals surface area contributed by atoms with E-state index in [9.17, 15) is 9.90 Å². The van der Waals surface area contributed by atoms with Gasteiger partial charge in [0.25, 0.3) is 0 Å². The Hall–Kier alpha value is -0.910. The molecule has 5 heteroatoms. The molecule has 0 radical (unpaired) electrons. The first-order valence-corrected chi connectivity index (χ1v) is 6.53. The van der Waals surface area contributed by atoms with E-state index in [-0.39, 0.29) is 0 Å². The van der Waals surface area contributed by atoms with Crippen LogP contribution in [0.3, 0.4) is 0 Å². The van der Waals surface area contributed by atoms with Crippen LogP contribution in [0.1, 0.15) is 21.4 Å². The average molecular weight is 255 g/mol. The van der Waals surface area contributed by atoms with E-state index in [0.717, 1.165) is 15.3 Å². The van der Waals surface area contributed by atoms with E-state index in [0.29, 0.717) is 26.3 Å². The van der Waals surface area contributed by atoms with Crippen LogP contribution >= 0.6 is 11.3 Å². The second-order valence-electron chi connectivity index (χ2n) is 4.26. The molecular formula is C12H17NO3S. The van der Waals surface area contributed by atoms with Crippen molar-refractivity contribution in [3.05, 3.63) is 21.4 Å². The number of aliphatic carboxylic acids is 1. The van der Waals surface area contributed by atoms with Crippen LogP contribution in [0.5, 0.6) is 0 Å². The van der Waals surface area contributed by atoms with E-state index in [2.05, 4.69) is 0 Å². The third kappa shape index (κ3) is 2.68. The fraction of sp³-hybridized carbons (Fsp3) is 0.583. The topological polar surface area (TPSA) is 49.8 Å². The number of aryl methyl sites for hydroxylation is 2. The van der Waals surface area contributed by atoms with E-state index in [1.54, 1.807) is 11.3 Å². The molecule has 1 fully saturated rings. The highest BCUT2D eigenvalue weighted by molar-refractivity contribution is 7.12. The van der Waals surface area contributed by atoms with E-state index in [1.807, 2.05) is 24.8 Å². The van der Waals surface area contributed by atoms with Crippen molar-refractivity contribution in [2.75, 3.05) is 26.3 Å². The molecule has 1 saturated heterocycles. The number of morpholine rings is 1. The minimum atomic E-state index is -0.771. The maximum Gasteiger partial charge on any atom is 0.325 e. The van der Waals surface area contributed by atoms with Crippen molar-refractivity contribution >= 4 is 17.3 Å². The maximum atomic E-state index is 11.5. The van der Waals surface area contributed by atoms with Gasteiger partial charge in [0.1, 0.15) is 6.04 Å².